The van der Waals surface area contributed by atoms with Gasteiger partial charge >= 0.3 is 0 Å². The van der Waals surface area contributed by atoms with Gasteiger partial charge in [0.05, 0.1) is 5.52 Å². The van der Waals surface area contributed by atoms with E-state index in [0.29, 0.717) is 0 Å². The molecule has 0 aliphatic carbocycles. The summed E-state index contributed by atoms with van der Waals surface area (Å²) in [7, 11) is 0. The van der Waals surface area contributed by atoms with Crippen LogP contribution in [0.1, 0.15) is 28.5 Å². The third-order valence-electron chi connectivity index (χ3n) is 3.53. The van der Waals surface area contributed by atoms with E-state index in [9.17, 15) is 5.11 Å². The molecule has 3 heteroatoms. The summed E-state index contributed by atoms with van der Waals surface area (Å²) in [5.74, 6) is 0. The first kappa shape index (κ1) is 12.8. The van der Waals surface area contributed by atoms with E-state index in [1.807, 2.05) is 50.2 Å². The average Bonchev–Trinajstić information content (AvgIpc) is 2.46. The zero-order chi connectivity index (χ0) is 14.1. The first-order chi connectivity index (χ1) is 9.65. The van der Waals surface area contributed by atoms with Crippen molar-refractivity contribution in [2.45, 2.75) is 20.0 Å². The first-order valence-corrected chi connectivity index (χ1v) is 6.61. The Morgan fingerprint density at radius 1 is 1.05 bits per heavy atom. The number of hydrogen-bond acceptors (Lipinski definition) is 3. The van der Waals surface area contributed by atoms with Crippen LogP contribution >= 0.6 is 0 Å². The van der Waals surface area contributed by atoms with Crippen molar-refractivity contribution < 1.29 is 5.11 Å². The Morgan fingerprint density at radius 3 is 2.70 bits per heavy atom. The van der Waals surface area contributed by atoms with Gasteiger partial charge in [-0.15, -0.1) is 0 Å². The van der Waals surface area contributed by atoms with E-state index < -0.39 is 6.10 Å². The second-order valence-electron chi connectivity index (χ2n) is 5.04. The van der Waals surface area contributed by atoms with Crippen molar-refractivity contribution in [3.63, 3.8) is 0 Å². The van der Waals surface area contributed by atoms with Crippen molar-refractivity contribution in [2.24, 2.45) is 0 Å². The minimum Gasteiger partial charge on any atom is -0.384 e. The fourth-order valence-corrected chi connectivity index (χ4v) is 2.39. The van der Waals surface area contributed by atoms with Crippen LogP contribution in [0, 0.1) is 13.8 Å². The highest BCUT2D eigenvalue weighted by Gasteiger charge is 2.13. The highest BCUT2D eigenvalue weighted by atomic mass is 16.3. The summed E-state index contributed by atoms with van der Waals surface area (Å²) in [6.45, 7) is 3.93. The van der Waals surface area contributed by atoms with Gasteiger partial charge in [0.25, 0.3) is 0 Å². The van der Waals surface area contributed by atoms with E-state index >= 15 is 0 Å². The summed E-state index contributed by atoms with van der Waals surface area (Å²) in [5, 5.41) is 11.6. The Bertz CT molecular complexity index is 768. The lowest BCUT2D eigenvalue weighted by Crippen LogP contribution is -2.02. The third-order valence-corrected chi connectivity index (χ3v) is 3.53. The number of aliphatic hydroxyl groups is 1. The maximum Gasteiger partial charge on any atom is 0.104 e. The molecule has 3 aromatic rings. The molecule has 0 aliphatic heterocycles. The Morgan fingerprint density at radius 2 is 1.90 bits per heavy atom. The van der Waals surface area contributed by atoms with Gasteiger partial charge in [-0.2, -0.15) is 0 Å². The van der Waals surface area contributed by atoms with Crippen LogP contribution in [0.2, 0.25) is 0 Å². The molecule has 0 radical (unpaired) electrons. The van der Waals surface area contributed by atoms with Crippen molar-refractivity contribution in [1.29, 1.82) is 0 Å². The zero-order valence-corrected chi connectivity index (χ0v) is 11.5. The monoisotopic (exact) mass is 264 g/mol. The molecule has 100 valence electrons. The molecule has 2 aromatic heterocycles. The average molecular weight is 264 g/mol. The smallest absolute Gasteiger partial charge is 0.104 e. The quantitative estimate of drug-likeness (QED) is 0.772. The third kappa shape index (κ3) is 2.28. The molecule has 1 unspecified atom stereocenters. The van der Waals surface area contributed by atoms with Gasteiger partial charge in [-0.05, 0) is 54.8 Å². The summed E-state index contributed by atoms with van der Waals surface area (Å²) < 4.78 is 0. The first-order valence-electron chi connectivity index (χ1n) is 6.61. The summed E-state index contributed by atoms with van der Waals surface area (Å²) in [5.41, 5.74) is 4.70. The zero-order valence-electron chi connectivity index (χ0n) is 11.5. The number of aromatic nitrogens is 2. The van der Waals surface area contributed by atoms with Crippen molar-refractivity contribution in [3.05, 3.63) is 71.2 Å². The molecule has 0 aliphatic rings. The number of hydrogen-bond donors (Lipinski definition) is 1. The van der Waals surface area contributed by atoms with Gasteiger partial charge in [0, 0.05) is 23.5 Å². The SMILES string of the molecule is Cc1ccc2cc(C(O)c3ccncc3C)ccc2n1. The number of fused-ring (bicyclic) bond motifs is 1. The largest absolute Gasteiger partial charge is 0.384 e. The van der Waals surface area contributed by atoms with Crippen LogP contribution in [0.4, 0.5) is 0 Å². The standard InChI is InChI=1S/C17H16N2O/c1-11-10-18-8-7-15(11)17(20)14-5-6-16-13(9-14)4-3-12(2)19-16/h3-10,17,20H,1-2H3. The summed E-state index contributed by atoms with van der Waals surface area (Å²) >= 11 is 0. The van der Waals surface area contributed by atoms with Gasteiger partial charge in [0.1, 0.15) is 6.10 Å². The molecule has 0 saturated carbocycles. The molecular weight excluding hydrogens is 248 g/mol. The molecule has 3 nitrogen and oxygen atoms in total. The van der Waals surface area contributed by atoms with E-state index in [0.717, 1.165) is 33.3 Å². The van der Waals surface area contributed by atoms with Crippen LogP contribution in [-0.4, -0.2) is 15.1 Å². The Kier molecular flexibility index (Phi) is 3.20. The minimum absolute atomic E-state index is 0.635. The minimum atomic E-state index is -0.635. The molecule has 1 atom stereocenters. The molecule has 3 rings (SSSR count). The number of nitrogens with zero attached hydrogens (tertiary/aromatic N) is 2. The van der Waals surface area contributed by atoms with Crippen LogP contribution in [0.15, 0.2) is 48.8 Å². The molecule has 0 bridgehead atoms. The maximum atomic E-state index is 10.5. The predicted molar refractivity (Wildman–Crippen MR) is 79.5 cm³/mol. The Balaban J connectivity index is 2.06. The van der Waals surface area contributed by atoms with E-state index in [-0.39, 0.29) is 0 Å². The van der Waals surface area contributed by atoms with Crippen LogP contribution < -0.4 is 0 Å². The van der Waals surface area contributed by atoms with Crippen LogP contribution in [0.5, 0.6) is 0 Å². The number of aliphatic hydroxyl groups excluding tert-OH is 1. The van der Waals surface area contributed by atoms with Crippen molar-refractivity contribution >= 4 is 10.9 Å². The number of benzene rings is 1. The Labute approximate surface area is 117 Å². The maximum absolute atomic E-state index is 10.5. The molecule has 1 N–H and O–H groups in total. The predicted octanol–water partition coefficient (Wildman–Crippen LogP) is 3.33. The van der Waals surface area contributed by atoms with Gasteiger partial charge in [-0.25, -0.2) is 0 Å². The highest BCUT2D eigenvalue weighted by Crippen LogP contribution is 2.26. The number of rotatable bonds is 2. The second kappa shape index (κ2) is 5.02. The highest BCUT2D eigenvalue weighted by molar-refractivity contribution is 5.79. The molecule has 0 saturated heterocycles. The van der Waals surface area contributed by atoms with Crippen molar-refractivity contribution in [1.82, 2.24) is 9.97 Å². The molecular formula is C17H16N2O. The fraction of sp³-hybridized carbons (Fsp3) is 0.176. The van der Waals surface area contributed by atoms with Crippen molar-refractivity contribution in [2.75, 3.05) is 0 Å². The van der Waals surface area contributed by atoms with Crippen LogP contribution in [-0.2, 0) is 0 Å². The summed E-state index contributed by atoms with van der Waals surface area (Å²) in [6.07, 6.45) is 2.84. The Hall–Kier alpha value is -2.26. The van der Waals surface area contributed by atoms with Gasteiger partial charge in [0.15, 0.2) is 0 Å². The van der Waals surface area contributed by atoms with E-state index in [4.69, 9.17) is 0 Å². The molecule has 20 heavy (non-hydrogen) atoms. The lowest BCUT2D eigenvalue weighted by molar-refractivity contribution is 0.219. The molecule has 0 fully saturated rings. The number of aryl methyl sites for hydroxylation is 2. The van der Waals surface area contributed by atoms with Gasteiger partial charge in [-0.1, -0.05) is 12.1 Å². The van der Waals surface area contributed by atoms with E-state index in [1.54, 1.807) is 12.4 Å². The fourth-order valence-electron chi connectivity index (χ4n) is 2.39. The van der Waals surface area contributed by atoms with E-state index in [2.05, 4.69) is 9.97 Å². The second-order valence-corrected chi connectivity index (χ2v) is 5.04. The van der Waals surface area contributed by atoms with Crippen LogP contribution in [0.3, 0.4) is 0 Å². The summed E-state index contributed by atoms with van der Waals surface area (Å²) in [6, 6.07) is 11.8. The van der Waals surface area contributed by atoms with Crippen LogP contribution in [0.25, 0.3) is 10.9 Å². The molecule has 0 amide bonds. The number of pyridine rings is 2. The molecule has 1 aromatic carbocycles. The van der Waals surface area contributed by atoms with Crippen molar-refractivity contribution in [3.8, 4) is 0 Å². The lowest BCUT2D eigenvalue weighted by Gasteiger charge is -2.14. The van der Waals surface area contributed by atoms with Gasteiger partial charge in [0.2, 0.25) is 0 Å². The molecule has 2 heterocycles. The van der Waals surface area contributed by atoms with E-state index in [1.165, 1.54) is 0 Å². The lowest BCUT2D eigenvalue weighted by atomic mass is 9.98. The topological polar surface area (TPSA) is 46.0 Å². The van der Waals surface area contributed by atoms with Gasteiger partial charge in [-0.3, -0.25) is 9.97 Å². The normalized spacial score (nSPS) is 12.6. The summed E-state index contributed by atoms with van der Waals surface area (Å²) in [4.78, 5) is 8.53. The van der Waals surface area contributed by atoms with Gasteiger partial charge < -0.3 is 5.11 Å². The molecule has 0 spiro atoms.